The zero-order valence-corrected chi connectivity index (χ0v) is 31.1. The molecule has 5 rings (SSSR count). The minimum Gasteiger partial charge on any atom is -0.444 e. The van der Waals surface area contributed by atoms with Gasteiger partial charge in [0.2, 0.25) is 0 Å². The van der Waals surface area contributed by atoms with Crippen molar-refractivity contribution >= 4 is 35.4 Å². The lowest BCUT2D eigenvalue weighted by Crippen LogP contribution is -2.41. The number of aliphatic hydroxyl groups excluding tert-OH is 1. The lowest BCUT2D eigenvalue weighted by atomic mass is 10.0. The number of amides is 2. The average molecular weight is 710 g/mol. The molecular formula is C37H54Cl2N2O7. The third-order valence-electron chi connectivity index (χ3n) is 7.95. The molecule has 3 heterocycles. The van der Waals surface area contributed by atoms with Crippen LogP contribution in [0.2, 0.25) is 10.0 Å². The van der Waals surface area contributed by atoms with Gasteiger partial charge in [0.1, 0.15) is 11.2 Å². The van der Waals surface area contributed by atoms with Crippen LogP contribution < -0.4 is 0 Å². The van der Waals surface area contributed by atoms with Gasteiger partial charge in [-0.2, -0.15) is 0 Å². The van der Waals surface area contributed by atoms with E-state index in [1.165, 1.54) is 12.8 Å². The van der Waals surface area contributed by atoms with E-state index in [0.717, 1.165) is 37.2 Å². The fourth-order valence-corrected chi connectivity index (χ4v) is 5.96. The van der Waals surface area contributed by atoms with Crippen LogP contribution in [-0.2, 0) is 31.8 Å². The summed E-state index contributed by atoms with van der Waals surface area (Å²) >= 11 is 11.8. The standard InChI is InChI=1S/C17H24ClNO3.C16H22ClNO3.C4H8O/c1-17(2,3)22-16(20)19-11-15(21-4)10-14(19)9-12-5-7-13(18)8-6-12;1-16(2,3)21-15(20)18-10-14(19)9-13(18)8-11-4-6-12(17)7-5-11;1-2-4-5-3-1/h5-8,14-15H,9-11H2,1-4H3;4-7,13-14,19H,8-10H2,1-3H3;1-4H2/t14-,15-;13-,14-;/m00./s1. The normalized spacial score (nSPS) is 22.4. The number of β-amino-alcohol motifs (C(OH)–C–C–N with tert-alkyl or cyclic N) is 1. The lowest BCUT2D eigenvalue weighted by molar-refractivity contribution is 0.0191. The SMILES string of the molecule is C1CCOC1.CC(C)(C)OC(=O)N1C[C@@H](O)C[C@@H]1Cc1ccc(Cl)cc1.CO[C@H]1C[C@H](Cc2ccc(Cl)cc2)N(C(=O)OC(C)(C)C)C1. The number of carbonyl (C=O) groups is 2. The van der Waals surface area contributed by atoms with Gasteiger partial charge in [-0.05, 0) is 115 Å². The zero-order chi connectivity index (χ0) is 35.5. The number of carbonyl (C=O) groups excluding carboxylic acids is 2. The number of benzene rings is 2. The molecule has 2 amide bonds. The first-order valence-corrected chi connectivity index (χ1v) is 17.6. The first kappa shape index (κ1) is 39.9. The van der Waals surface area contributed by atoms with Crippen molar-refractivity contribution in [3.8, 4) is 0 Å². The molecule has 3 saturated heterocycles. The topological polar surface area (TPSA) is 97.8 Å². The molecule has 3 aliphatic heterocycles. The quantitative estimate of drug-likeness (QED) is 0.337. The summed E-state index contributed by atoms with van der Waals surface area (Å²) in [6, 6.07) is 15.3. The van der Waals surface area contributed by atoms with Crippen molar-refractivity contribution in [1.82, 2.24) is 9.80 Å². The van der Waals surface area contributed by atoms with E-state index in [9.17, 15) is 14.7 Å². The van der Waals surface area contributed by atoms with E-state index < -0.39 is 17.3 Å². The smallest absolute Gasteiger partial charge is 0.410 e. The van der Waals surface area contributed by atoms with Gasteiger partial charge < -0.3 is 33.9 Å². The van der Waals surface area contributed by atoms with Gasteiger partial charge in [0, 0.05) is 42.5 Å². The summed E-state index contributed by atoms with van der Waals surface area (Å²) in [5.41, 5.74) is 1.22. The molecule has 3 aliphatic rings. The van der Waals surface area contributed by atoms with Crippen LogP contribution in [0.3, 0.4) is 0 Å². The highest BCUT2D eigenvalue weighted by Crippen LogP contribution is 2.27. The van der Waals surface area contributed by atoms with E-state index in [1.54, 1.807) is 16.9 Å². The van der Waals surface area contributed by atoms with Gasteiger partial charge in [0.25, 0.3) is 0 Å². The number of ether oxygens (including phenoxy) is 4. The lowest BCUT2D eigenvalue weighted by Gasteiger charge is -2.28. The van der Waals surface area contributed by atoms with Crippen LogP contribution in [0.25, 0.3) is 0 Å². The molecule has 2 aromatic rings. The minimum absolute atomic E-state index is 0.0453. The Bertz CT molecular complexity index is 1270. The molecule has 48 heavy (non-hydrogen) atoms. The molecule has 0 bridgehead atoms. The van der Waals surface area contributed by atoms with E-state index >= 15 is 0 Å². The molecule has 268 valence electrons. The number of nitrogens with zero attached hydrogens (tertiary/aromatic N) is 2. The maximum Gasteiger partial charge on any atom is 0.410 e. The van der Waals surface area contributed by atoms with Crippen LogP contribution in [0, 0.1) is 0 Å². The summed E-state index contributed by atoms with van der Waals surface area (Å²) in [5.74, 6) is 0. The number of halogens is 2. The van der Waals surface area contributed by atoms with Gasteiger partial charge in [0.15, 0.2) is 0 Å². The van der Waals surface area contributed by atoms with Crippen LogP contribution >= 0.6 is 23.2 Å². The number of hydrogen-bond donors (Lipinski definition) is 1. The molecule has 0 aromatic heterocycles. The predicted molar refractivity (Wildman–Crippen MR) is 190 cm³/mol. The highest BCUT2D eigenvalue weighted by molar-refractivity contribution is 6.30. The van der Waals surface area contributed by atoms with Gasteiger partial charge >= 0.3 is 12.2 Å². The number of likely N-dealkylation sites (tertiary alicyclic amines) is 2. The van der Waals surface area contributed by atoms with E-state index in [0.29, 0.717) is 36.0 Å². The summed E-state index contributed by atoms with van der Waals surface area (Å²) < 4.78 is 21.3. The molecule has 1 N–H and O–H groups in total. The Labute approximate surface area is 296 Å². The molecule has 0 saturated carbocycles. The Morgan fingerprint density at radius 2 is 1.17 bits per heavy atom. The molecule has 4 atom stereocenters. The van der Waals surface area contributed by atoms with Crippen LogP contribution in [0.15, 0.2) is 48.5 Å². The largest absolute Gasteiger partial charge is 0.444 e. The fourth-order valence-electron chi connectivity index (χ4n) is 5.71. The number of aliphatic hydroxyl groups is 1. The third-order valence-corrected chi connectivity index (χ3v) is 8.46. The molecule has 9 nitrogen and oxygen atoms in total. The molecular weight excluding hydrogens is 655 g/mol. The number of hydrogen-bond acceptors (Lipinski definition) is 7. The first-order chi connectivity index (χ1) is 22.5. The van der Waals surface area contributed by atoms with E-state index in [-0.39, 0.29) is 30.4 Å². The van der Waals surface area contributed by atoms with Gasteiger partial charge in [-0.3, -0.25) is 0 Å². The van der Waals surface area contributed by atoms with Crippen molar-refractivity contribution in [2.45, 2.75) is 116 Å². The summed E-state index contributed by atoms with van der Waals surface area (Å²) in [4.78, 5) is 28.1. The molecule has 0 unspecified atom stereocenters. The van der Waals surface area contributed by atoms with Gasteiger partial charge in [-0.1, -0.05) is 47.5 Å². The highest BCUT2D eigenvalue weighted by atomic mass is 35.5. The molecule has 3 fully saturated rings. The maximum absolute atomic E-state index is 12.4. The highest BCUT2D eigenvalue weighted by Gasteiger charge is 2.38. The molecule has 0 spiro atoms. The molecule has 2 aromatic carbocycles. The predicted octanol–water partition coefficient (Wildman–Crippen LogP) is 7.96. The average Bonchev–Trinajstić information content (AvgIpc) is 3.77. The van der Waals surface area contributed by atoms with Gasteiger partial charge in [0.05, 0.1) is 25.3 Å². The molecule has 0 aliphatic carbocycles. The third kappa shape index (κ3) is 14.1. The Morgan fingerprint density at radius 1 is 0.750 bits per heavy atom. The van der Waals surface area contributed by atoms with Crippen molar-refractivity contribution in [2.24, 2.45) is 0 Å². The number of rotatable bonds is 5. The van der Waals surface area contributed by atoms with Crippen molar-refractivity contribution in [2.75, 3.05) is 33.4 Å². The Kier molecular flexibility index (Phi) is 15.3. The van der Waals surface area contributed by atoms with Crippen LogP contribution in [-0.4, -0.2) is 96.0 Å². The summed E-state index contributed by atoms with van der Waals surface area (Å²) in [7, 11) is 1.68. The van der Waals surface area contributed by atoms with Crippen molar-refractivity contribution in [3.63, 3.8) is 0 Å². The minimum atomic E-state index is -0.532. The number of methoxy groups -OCH3 is 1. The monoisotopic (exact) mass is 708 g/mol. The summed E-state index contributed by atoms with van der Waals surface area (Å²) in [6.07, 6.45) is 4.34. The van der Waals surface area contributed by atoms with Crippen LogP contribution in [0.1, 0.15) is 78.4 Å². The summed E-state index contributed by atoms with van der Waals surface area (Å²) in [6.45, 7) is 14.1. The Hall–Kier alpha value is -2.56. The maximum atomic E-state index is 12.4. The molecule has 0 radical (unpaired) electrons. The van der Waals surface area contributed by atoms with Gasteiger partial charge in [-0.15, -0.1) is 0 Å². The van der Waals surface area contributed by atoms with Crippen molar-refractivity contribution < 1.29 is 33.6 Å². The van der Waals surface area contributed by atoms with Crippen LogP contribution in [0.4, 0.5) is 9.59 Å². The molecule has 11 heteroatoms. The zero-order valence-electron chi connectivity index (χ0n) is 29.5. The first-order valence-electron chi connectivity index (χ1n) is 16.8. The summed E-state index contributed by atoms with van der Waals surface area (Å²) in [5, 5.41) is 11.3. The van der Waals surface area contributed by atoms with Crippen LogP contribution in [0.5, 0.6) is 0 Å². The second-order valence-electron chi connectivity index (χ2n) is 14.5. The van der Waals surface area contributed by atoms with Crippen molar-refractivity contribution in [3.05, 3.63) is 69.7 Å². The second kappa shape index (κ2) is 18.4. The van der Waals surface area contributed by atoms with E-state index in [2.05, 4.69) is 0 Å². The Morgan fingerprint density at radius 3 is 1.54 bits per heavy atom. The Balaban J connectivity index is 0.000000227. The van der Waals surface area contributed by atoms with E-state index in [4.69, 9.17) is 42.1 Å². The second-order valence-corrected chi connectivity index (χ2v) is 15.4. The fraction of sp³-hybridized carbons (Fsp3) is 0.622. The van der Waals surface area contributed by atoms with E-state index in [1.807, 2.05) is 90.1 Å². The van der Waals surface area contributed by atoms with Gasteiger partial charge in [-0.25, -0.2) is 9.59 Å². The van der Waals surface area contributed by atoms with Crippen molar-refractivity contribution in [1.29, 1.82) is 0 Å².